The van der Waals surface area contributed by atoms with Crippen molar-refractivity contribution in [3.8, 4) is 0 Å². The van der Waals surface area contributed by atoms with E-state index in [1.165, 1.54) is 11.3 Å². The molecular weight excluding hydrogens is 212 g/mol. The first-order valence-electron chi connectivity index (χ1n) is 6.29. The number of hydrogen-bond acceptors (Lipinski definition) is 2. The molecule has 0 fully saturated rings. The standard InChI is InChI=1S/C14H20N2O/c1-3-8-16(2)14(17)9-11-10-15-13-7-5-4-6-12(11)13/h4-7,11,15H,3,8-10H2,1-2H3. The number of benzene rings is 1. The normalized spacial score (nSPS) is 17.4. The molecule has 0 aromatic heterocycles. The van der Waals surface area contributed by atoms with Crippen molar-refractivity contribution < 1.29 is 4.79 Å². The lowest BCUT2D eigenvalue weighted by Crippen LogP contribution is -2.29. The van der Waals surface area contributed by atoms with Crippen LogP contribution < -0.4 is 5.32 Å². The largest absolute Gasteiger partial charge is 0.384 e. The number of nitrogens with zero attached hydrogens (tertiary/aromatic N) is 1. The van der Waals surface area contributed by atoms with Crippen LogP contribution in [0.5, 0.6) is 0 Å². The molecule has 0 aliphatic carbocycles. The van der Waals surface area contributed by atoms with E-state index in [1.807, 2.05) is 24.1 Å². The number of rotatable bonds is 4. The van der Waals surface area contributed by atoms with Crippen molar-refractivity contribution in [2.24, 2.45) is 0 Å². The molecule has 0 bridgehead atoms. The fraction of sp³-hybridized carbons (Fsp3) is 0.500. The molecule has 0 saturated heterocycles. The van der Waals surface area contributed by atoms with E-state index in [0.29, 0.717) is 12.3 Å². The Morgan fingerprint density at radius 3 is 3.00 bits per heavy atom. The van der Waals surface area contributed by atoms with Gasteiger partial charge in [0.2, 0.25) is 5.91 Å². The number of carbonyl (C=O) groups is 1. The van der Waals surface area contributed by atoms with Crippen molar-refractivity contribution in [2.75, 3.05) is 25.5 Å². The molecule has 17 heavy (non-hydrogen) atoms. The van der Waals surface area contributed by atoms with E-state index < -0.39 is 0 Å². The number of carbonyl (C=O) groups excluding carboxylic acids is 1. The molecule has 1 unspecified atom stereocenters. The minimum atomic E-state index is 0.246. The molecule has 0 radical (unpaired) electrons. The van der Waals surface area contributed by atoms with Crippen LogP contribution in [0, 0.1) is 0 Å². The molecular formula is C14H20N2O. The van der Waals surface area contributed by atoms with Crippen LogP contribution in [0.4, 0.5) is 5.69 Å². The van der Waals surface area contributed by atoms with Crippen LogP contribution in [0.15, 0.2) is 24.3 Å². The van der Waals surface area contributed by atoms with Crippen LogP contribution in [0.25, 0.3) is 0 Å². The van der Waals surface area contributed by atoms with Gasteiger partial charge in [-0.05, 0) is 18.1 Å². The fourth-order valence-electron chi connectivity index (χ4n) is 2.37. The molecule has 1 heterocycles. The summed E-state index contributed by atoms with van der Waals surface area (Å²) >= 11 is 0. The molecule has 3 nitrogen and oxygen atoms in total. The Balaban J connectivity index is 2.00. The SMILES string of the molecule is CCCN(C)C(=O)CC1CNc2ccccc21. The number of para-hydroxylation sites is 1. The highest BCUT2D eigenvalue weighted by atomic mass is 16.2. The topological polar surface area (TPSA) is 32.3 Å². The number of hydrogen-bond donors (Lipinski definition) is 1. The van der Waals surface area contributed by atoms with E-state index in [9.17, 15) is 4.79 Å². The molecule has 1 N–H and O–H groups in total. The highest BCUT2D eigenvalue weighted by molar-refractivity contribution is 5.78. The zero-order valence-electron chi connectivity index (χ0n) is 10.6. The second-order valence-electron chi connectivity index (χ2n) is 4.68. The molecule has 1 aliphatic rings. The molecule has 3 heteroatoms. The Hall–Kier alpha value is -1.51. The summed E-state index contributed by atoms with van der Waals surface area (Å²) < 4.78 is 0. The summed E-state index contributed by atoms with van der Waals surface area (Å²) in [5.41, 5.74) is 2.47. The lowest BCUT2D eigenvalue weighted by atomic mass is 9.97. The van der Waals surface area contributed by atoms with Crippen molar-refractivity contribution in [2.45, 2.75) is 25.7 Å². The molecule has 1 aromatic carbocycles. The molecule has 1 amide bonds. The maximum absolute atomic E-state index is 12.0. The van der Waals surface area contributed by atoms with Crippen LogP contribution in [-0.2, 0) is 4.79 Å². The summed E-state index contributed by atoms with van der Waals surface area (Å²) in [5.74, 6) is 0.577. The average Bonchev–Trinajstić information content (AvgIpc) is 2.73. The summed E-state index contributed by atoms with van der Waals surface area (Å²) in [5, 5.41) is 3.36. The second kappa shape index (κ2) is 5.21. The number of anilines is 1. The zero-order chi connectivity index (χ0) is 12.3. The molecule has 1 aromatic rings. The van der Waals surface area contributed by atoms with Gasteiger partial charge >= 0.3 is 0 Å². The van der Waals surface area contributed by atoms with Gasteiger partial charge in [0.1, 0.15) is 0 Å². The van der Waals surface area contributed by atoms with Crippen molar-refractivity contribution >= 4 is 11.6 Å². The van der Waals surface area contributed by atoms with Gasteiger partial charge in [-0.15, -0.1) is 0 Å². The summed E-state index contributed by atoms with van der Waals surface area (Å²) in [6, 6.07) is 8.26. The van der Waals surface area contributed by atoms with Gasteiger partial charge in [0.25, 0.3) is 0 Å². The van der Waals surface area contributed by atoms with Gasteiger partial charge in [-0.25, -0.2) is 0 Å². The number of amides is 1. The van der Waals surface area contributed by atoms with E-state index >= 15 is 0 Å². The highest BCUT2D eigenvalue weighted by Gasteiger charge is 2.24. The van der Waals surface area contributed by atoms with E-state index in [1.54, 1.807) is 0 Å². The fourth-order valence-corrected chi connectivity index (χ4v) is 2.37. The molecule has 2 rings (SSSR count). The molecule has 0 saturated carbocycles. The molecule has 92 valence electrons. The Morgan fingerprint density at radius 2 is 2.24 bits per heavy atom. The summed E-state index contributed by atoms with van der Waals surface area (Å²) in [6.07, 6.45) is 1.63. The van der Waals surface area contributed by atoms with Gasteiger partial charge in [0.15, 0.2) is 0 Å². The minimum Gasteiger partial charge on any atom is -0.384 e. The third-order valence-corrected chi connectivity index (χ3v) is 3.35. The van der Waals surface area contributed by atoms with Gasteiger partial charge in [0, 0.05) is 38.2 Å². The highest BCUT2D eigenvalue weighted by Crippen LogP contribution is 2.33. The van der Waals surface area contributed by atoms with Crippen molar-refractivity contribution in [1.29, 1.82) is 0 Å². The predicted molar refractivity (Wildman–Crippen MR) is 70.2 cm³/mol. The zero-order valence-corrected chi connectivity index (χ0v) is 10.6. The average molecular weight is 232 g/mol. The van der Waals surface area contributed by atoms with Crippen molar-refractivity contribution in [3.63, 3.8) is 0 Å². The third kappa shape index (κ3) is 2.60. The van der Waals surface area contributed by atoms with Gasteiger partial charge < -0.3 is 10.2 Å². The number of fused-ring (bicyclic) bond motifs is 1. The van der Waals surface area contributed by atoms with Gasteiger partial charge in [0.05, 0.1) is 0 Å². The molecule has 0 spiro atoms. The third-order valence-electron chi connectivity index (χ3n) is 3.35. The number of nitrogens with one attached hydrogen (secondary N) is 1. The quantitative estimate of drug-likeness (QED) is 0.865. The van der Waals surface area contributed by atoms with Gasteiger partial charge in [-0.1, -0.05) is 25.1 Å². The first-order valence-corrected chi connectivity index (χ1v) is 6.29. The molecule has 1 atom stereocenters. The first kappa shape index (κ1) is 12.0. The van der Waals surface area contributed by atoms with Crippen LogP contribution in [-0.4, -0.2) is 30.9 Å². The van der Waals surface area contributed by atoms with Gasteiger partial charge in [-0.3, -0.25) is 4.79 Å². The summed E-state index contributed by atoms with van der Waals surface area (Å²) in [4.78, 5) is 13.8. The summed E-state index contributed by atoms with van der Waals surface area (Å²) in [7, 11) is 1.89. The Kier molecular flexibility index (Phi) is 3.67. The Morgan fingerprint density at radius 1 is 1.47 bits per heavy atom. The van der Waals surface area contributed by atoms with Crippen LogP contribution in [0.2, 0.25) is 0 Å². The van der Waals surface area contributed by atoms with Crippen LogP contribution in [0.1, 0.15) is 31.2 Å². The second-order valence-corrected chi connectivity index (χ2v) is 4.68. The van der Waals surface area contributed by atoms with Crippen LogP contribution >= 0.6 is 0 Å². The van der Waals surface area contributed by atoms with Gasteiger partial charge in [-0.2, -0.15) is 0 Å². The minimum absolute atomic E-state index is 0.246. The lowest BCUT2D eigenvalue weighted by molar-refractivity contribution is -0.130. The first-order chi connectivity index (χ1) is 8.22. The maximum atomic E-state index is 12.0. The predicted octanol–water partition coefficient (Wildman–Crippen LogP) is 2.45. The Labute approximate surface area is 103 Å². The lowest BCUT2D eigenvalue weighted by Gasteiger charge is -2.18. The van der Waals surface area contributed by atoms with Crippen molar-refractivity contribution in [3.05, 3.63) is 29.8 Å². The van der Waals surface area contributed by atoms with Crippen molar-refractivity contribution in [1.82, 2.24) is 4.90 Å². The van der Waals surface area contributed by atoms with E-state index in [2.05, 4.69) is 24.4 Å². The van der Waals surface area contributed by atoms with E-state index in [-0.39, 0.29) is 5.91 Å². The van der Waals surface area contributed by atoms with Crippen LogP contribution in [0.3, 0.4) is 0 Å². The summed E-state index contributed by atoms with van der Waals surface area (Å²) in [6.45, 7) is 3.82. The van der Waals surface area contributed by atoms with E-state index in [0.717, 1.165) is 19.5 Å². The maximum Gasteiger partial charge on any atom is 0.222 e. The van der Waals surface area contributed by atoms with E-state index in [4.69, 9.17) is 0 Å². The Bertz CT molecular complexity index is 403. The smallest absolute Gasteiger partial charge is 0.222 e. The monoisotopic (exact) mass is 232 g/mol. The molecule has 1 aliphatic heterocycles.